The predicted octanol–water partition coefficient (Wildman–Crippen LogP) is 2.29. The van der Waals surface area contributed by atoms with Crippen molar-refractivity contribution < 1.29 is 23.7 Å². The van der Waals surface area contributed by atoms with E-state index in [2.05, 4.69) is 6.07 Å². The second-order valence-electron chi connectivity index (χ2n) is 7.40. The largest absolute Gasteiger partial charge is 0.454 e. The minimum atomic E-state index is -0.773. The lowest BCUT2D eigenvalue weighted by Gasteiger charge is -2.25. The average Bonchev–Trinajstić information content (AvgIpc) is 3.09. The van der Waals surface area contributed by atoms with Crippen LogP contribution in [-0.2, 0) is 20.8 Å². The molecule has 0 aliphatic carbocycles. The molecular weight excluding hydrogens is 336 g/mol. The highest BCUT2D eigenvalue weighted by atomic mass is 16.8. The summed E-state index contributed by atoms with van der Waals surface area (Å²) in [6.45, 7) is 6.54. The molecule has 0 N–H and O–H groups in total. The van der Waals surface area contributed by atoms with Crippen LogP contribution in [0, 0.1) is 11.3 Å². The van der Waals surface area contributed by atoms with Gasteiger partial charge in [0, 0.05) is 13.1 Å². The van der Waals surface area contributed by atoms with Gasteiger partial charge in [0.05, 0.1) is 18.1 Å². The first-order valence-electron chi connectivity index (χ1n) is 8.84. The lowest BCUT2D eigenvalue weighted by atomic mass is 9.93. The fourth-order valence-electron chi connectivity index (χ4n) is 3.88. The summed E-state index contributed by atoms with van der Waals surface area (Å²) in [7, 11) is 0. The number of nitriles is 1. The van der Waals surface area contributed by atoms with Gasteiger partial charge in [-0.05, 0) is 50.5 Å². The van der Waals surface area contributed by atoms with E-state index in [4.69, 9.17) is 18.9 Å². The van der Waals surface area contributed by atoms with Crippen molar-refractivity contribution in [2.45, 2.75) is 57.6 Å². The molecule has 3 heterocycles. The fourth-order valence-corrected chi connectivity index (χ4v) is 3.88. The highest BCUT2D eigenvalue weighted by Gasteiger charge is 2.44. The van der Waals surface area contributed by atoms with Gasteiger partial charge in [0.15, 0.2) is 23.4 Å². The highest BCUT2D eigenvalue weighted by molar-refractivity contribution is 5.82. The number of amides is 1. The van der Waals surface area contributed by atoms with Crippen LogP contribution in [0.1, 0.15) is 44.2 Å². The van der Waals surface area contributed by atoms with Crippen LogP contribution in [0.2, 0.25) is 0 Å². The molecule has 1 aromatic carbocycles. The number of carbonyl (C=O) groups is 1. The van der Waals surface area contributed by atoms with Gasteiger partial charge in [0.1, 0.15) is 0 Å². The Kier molecular flexibility index (Phi) is 4.05. The summed E-state index contributed by atoms with van der Waals surface area (Å²) in [5, 5.41) is 9.59. The average molecular weight is 358 g/mol. The predicted molar refractivity (Wildman–Crippen MR) is 90.5 cm³/mol. The number of hydrogen-bond donors (Lipinski definition) is 0. The third kappa shape index (κ3) is 2.89. The molecule has 3 aliphatic rings. The van der Waals surface area contributed by atoms with E-state index in [0.717, 1.165) is 11.1 Å². The molecule has 1 unspecified atom stereocenters. The molecular formula is C19H22N2O5. The van der Waals surface area contributed by atoms with Crippen molar-refractivity contribution in [3.63, 3.8) is 0 Å². The number of carbonyl (C=O) groups excluding carboxylic acids is 1. The third-order valence-electron chi connectivity index (χ3n) is 5.08. The van der Waals surface area contributed by atoms with Crippen LogP contribution >= 0.6 is 0 Å². The van der Waals surface area contributed by atoms with Gasteiger partial charge in [-0.3, -0.25) is 4.79 Å². The van der Waals surface area contributed by atoms with E-state index < -0.39 is 11.9 Å². The molecule has 3 aliphatic heterocycles. The molecule has 7 nitrogen and oxygen atoms in total. The van der Waals surface area contributed by atoms with Gasteiger partial charge in [-0.1, -0.05) is 0 Å². The molecule has 0 bridgehead atoms. The maximum Gasteiger partial charge on any atom is 0.254 e. The monoisotopic (exact) mass is 358 g/mol. The van der Waals surface area contributed by atoms with Gasteiger partial charge in [-0.2, -0.15) is 5.26 Å². The minimum Gasteiger partial charge on any atom is -0.454 e. The minimum absolute atomic E-state index is 0.106. The summed E-state index contributed by atoms with van der Waals surface area (Å²) in [6.07, 6.45) is -0.384. The van der Waals surface area contributed by atoms with E-state index in [1.807, 2.05) is 19.1 Å². The zero-order chi connectivity index (χ0) is 18.5. The van der Waals surface area contributed by atoms with Crippen LogP contribution < -0.4 is 9.47 Å². The summed E-state index contributed by atoms with van der Waals surface area (Å²) in [5.74, 6) is 0.151. The topological polar surface area (TPSA) is 81.0 Å². The molecule has 1 aromatic rings. The van der Waals surface area contributed by atoms with Gasteiger partial charge < -0.3 is 23.8 Å². The molecule has 138 valence electrons. The number of ether oxygens (including phenoxy) is 4. The first-order chi connectivity index (χ1) is 12.4. The number of fused-ring (bicyclic) bond motifs is 2. The van der Waals surface area contributed by atoms with Gasteiger partial charge in [0.2, 0.25) is 6.79 Å². The summed E-state index contributed by atoms with van der Waals surface area (Å²) in [5.41, 5.74) is 1.82. The number of hydrogen-bond acceptors (Lipinski definition) is 6. The molecule has 1 fully saturated rings. The van der Waals surface area contributed by atoms with Gasteiger partial charge in [-0.15, -0.1) is 0 Å². The van der Waals surface area contributed by atoms with E-state index >= 15 is 0 Å². The highest BCUT2D eigenvalue weighted by Crippen LogP contribution is 2.40. The van der Waals surface area contributed by atoms with Crippen molar-refractivity contribution in [2.24, 2.45) is 0 Å². The smallest absolute Gasteiger partial charge is 0.254 e. The normalized spacial score (nSPS) is 29.0. The Morgan fingerprint density at radius 3 is 2.65 bits per heavy atom. The molecule has 1 amide bonds. The standard InChI is InChI=1S/C19H22N2O5/c1-11-17(26-19(2,3)25-11)18(22)21-5-4-12(8-20)14-7-16-15(23-10-24-16)6-13(14)9-21/h6-7,11-12,17H,4-5,9-10H2,1-3H3/t11-,12?,17+/m1/s1. The van der Waals surface area contributed by atoms with Crippen LogP contribution in [0.5, 0.6) is 11.5 Å². The summed E-state index contributed by atoms with van der Waals surface area (Å²) >= 11 is 0. The Morgan fingerprint density at radius 2 is 2.00 bits per heavy atom. The van der Waals surface area contributed by atoms with Crippen LogP contribution in [0.15, 0.2) is 12.1 Å². The Hall–Kier alpha value is -2.30. The van der Waals surface area contributed by atoms with E-state index in [1.165, 1.54) is 0 Å². The van der Waals surface area contributed by atoms with Crippen molar-refractivity contribution in [2.75, 3.05) is 13.3 Å². The number of rotatable bonds is 1. The van der Waals surface area contributed by atoms with Crippen LogP contribution in [-0.4, -0.2) is 42.1 Å². The molecule has 4 rings (SSSR count). The van der Waals surface area contributed by atoms with E-state index in [1.54, 1.807) is 18.7 Å². The zero-order valence-electron chi connectivity index (χ0n) is 15.2. The molecule has 1 saturated heterocycles. The quantitative estimate of drug-likeness (QED) is 0.766. The SMILES string of the molecule is C[C@H]1OC(C)(C)O[C@@H]1C(=O)N1CCC(C#N)c2cc3c(cc2C1)OCO3. The van der Waals surface area contributed by atoms with Crippen molar-refractivity contribution in [3.05, 3.63) is 23.3 Å². The molecule has 0 aromatic heterocycles. The molecule has 0 radical (unpaired) electrons. The van der Waals surface area contributed by atoms with Crippen molar-refractivity contribution in [1.82, 2.24) is 4.90 Å². The fraction of sp³-hybridized carbons (Fsp3) is 0.579. The Morgan fingerprint density at radius 1 is 1.27 bits per heavy atom. The first-order valence-corrected chi connectivity index (χ1v) is 8.84. The summed E-state index contributed by atoms with van der Waals surface area (Å²) in [4.78, 5) is 14.8. The number of benzene rings is 1. The molecule has 0 saturated carbocycles. The molecule has 0 spiro atoms. The number of nitrogens with zero attached hydrogens (tertiary/aromatic N) is 2. The van der Waals surface area contributed by atoms with Gasteiger partial charge in [0.25, 0.3) is 5.91 Å². The van der Waals surface area contributed by atoms with Crippen molar-refractivity contribution in [1.29, 1.82) is 5.26 Å². The maximum absolute atomic E-state index is 13.1. The third-order valence-corrected chi connectivity index (χ3v) is 5.08. The van der Waals surface area contributed by atoms with Gasteiger partial charge >= 0.3 is 0 Å². The lowest BCUT2D eigenvalue weighted by Crippen LogP contribution is -2.43. The first kappa shape index (κ1) is 17.1. The van der Waals surface area contributed by atoms with Crippen molar-refractivity contribution >= 4 is 5.91 Å². The Balaban J connectivity index is 1.62. The Bertz CT molecular complexity index is 785. The van der Waals surface area contributed by atoms with Crippen LogP contribution in [0.3, 0.4) is 0 Å². The summed E-state index contributed by atoms with van der Waals surface area (Å²) < 4.78 is 22.4. The van der Waals surface area contributed by atoms with Crippen LogP contribution in [0.25, 0.3) is 0 Å². The lowest BCUT2D eigenvalue weighted by molar-refractivity contribution is -0.161. The van der Waals surface area contributed by atoms with E-state index in [9.17, 15) is 10.1 Å². The second-order valence-corrected chi connectivity index (χ2v) is 7.40. The van der Waals surface area contributed by atoms with E-state index in [0.29, 0.717) is 31.0 Å². The second kappa shape index (κ2) is 6.15. The van der Waals surface area contributed by atoms with E-state index in [-0.39, 0.29) is 24.7 Å². The van der Waals surface area contributed by atoms with Crippen molar-refractivity contribution in [3.8, 4) is 17.6 Å². The van der Waals surface area contributed by atoms with Crippen LogP contribution in [0.4, 0.5) is 0 Å². The molecule has 3 atom stereocenters. The molecule has 26 heavy (non-hydrogen) atoms. The van der Waals surface area contributed by atoms with Gasteiger partial charge in [-0.25, -0.2) is 0 Å². The molecule has 7 heteroatoms. The maximum atomic E-state index is 13.1. The Labute approximate surface area is 152 Å². The zero-order valence-corrected chi connectivity index (χ0v) is 15.2. The summed E-state index contributed by atoms with van der Waals surface area (Å²) in [6, 6.07) is 6.11.